The number of ketones is 1. The molecule has 2 atom stereocenters. The molecule has 122 valence electrons. The Labute approximate surface area is 133 Å². The molecule has 0 spiro atoms. The van der Waals surface area contributed by atoms with Gasteiger partial charge in [-0.25, -0.2) is 4.79 Å². The number of fused-ring (bicyclic) bond motifs is 1. The van der Waals surface area contributed by atoms with Gasteiger partial charge in [-0.3, -0.25) is 9.69 Å². The lowest BCUT2D eigenvalue weighted by Crippen LogP contribution is -2.52. The number of hydrogen-bond acceptors (Lipinski definition) is 3. The fourth-order valence-electron chi connectivity index (χ4n) is 3.44. The molecule has 0 bridgehead atoms. The van der Waals surface area contributed by atoms with Crippen molar-refractivity contribution in [2.45, 2.75) is 64.5 Å². The SMILES string of the molecule is C=C1CN(C(=O)OC(C)(C)C)[C@@]2(CCCC)C=CC(=O)C[C@@H]12. The minimum Gasteiger partial charge on any atom is -0.444 e. The standard InChI is InChI=1S/C18H27NO3/c1-6-7-9-18-10-8-14(20)11-15(18)13(2)12-19(18)16(21)22-17(3,4)5/h8,10,15H,2,6-7,9,11-12H2,1,3-5H3/t15-,18-/m0/s1. The number of hydrogen-bond donors (Lipinski definition) is 0. The highest BCUT2D eigenvalue weighted by atomic mass is 16.6. The van der Waals surface area contributed by atoms with Gasteiger partial charge in [0.25, 0.3) is 0 Å². The van der Waals surface area contributed by atoms with Gasteiger partial charge in [0.1, 0.15) is 5.60 Å². The van der Waals surface area contributed by atoms with Crippen molar-refractivity contribution < 1.29 is 14.3 Å². The summed E-state index contributed by atoms with van der Waals surface area (Å²) in [6.45, 7) is 12.3. The first-order valence-corrected chi connectivity index (χ1v) is 8.10. The summed E-state index contributed by atoms with van der Waals surface area (Å²) >= 11 is 0. The fraction of sp³-hybridized carbons (Fsp3) is 0.667. The molecule has 1 aliphatic carbocycles. The first-order valence-electron chi connectivity index (χ1n) is 8.10. The van der Waals surface area contributed by atoms with E-state index in [1.807, 2.05) is 26.8 Å². The summed E-state index contributed by atoms with van der Waals surface area (Å²) in [7, 11) is 0. The van der Waals surface area contributed by atoms with Crippen LogP contribution >= 0.6 is 0 Å². The van der Waals surface area contributed by atoms with Crippen LogP contribution in [0, 0.1) is 5.92 Å². The summed E-state index contributed by atoms with van der Waals surface area (Å²) in [6, 6.07) is 0. The van der Waals surface area contributed by atoms with Crippen LogP contribution in [0.25, 0.3) is 0 Å². The van der Waals surface area contributed by atoms with Crippen molar-refractivity contribution in [1.82, 2.24) is 4.90 Å². The average molecular weight is 305 g/mol. The smallest absolute Gasteiger partial charge is 0.411 e. The van der Waals surface area contributed by atoms with Crippen LogP contribution < -0.4 is 0 Å². The molecule has 2 aliphatic rings. The quantitative estimate of drug-likeness (QED) is 0.744. The van der Waals surface area contributed by atoms with E-state index in [1.54, 1.807) is 11.0 Å². The van der Waals surface area contributed by atoms with E-state index >= 15 is 0 Å². The number of amides is 1. The number of likely N-dealkylation sites (tertiary alicyclic amines) is 1. The Morgan fingerprint density at radius 3 is 2.77 bits per heavy atom. The highest BCUT2D eigenvalue weighted by Crippen LogP contribution is 2.47. The van der Waals surface area contributed by atoms with Crippen molar-refractivity contribution in [3.8, 4) is 0 Å². The third-order valence-corrected chi connectivity index (χ3v) is 4.47. The summed E-state index contributed by atoms with van der Waals surface area (Å²) in [5.41, 5.74) is -0.0142. The summed E-state index contributed by atoms with van der Waals surface area (Å²) < 4.78 is 5.58. The van der Waals surface area contributed by atoms with E-state index in [4.69, 9.17) is 4.74 Å². The van der Waals surface area contributed by atoms with Crippen LogP contribution in [0.5, 0.6) is 0 Å². The molecule has 1 aliphatic heterocycles. The zero-order valence-electron chi connectivity index (χ0n) is 14.1. The molecule has 0 radical (unpaired) electrons. The zero-order valence-corrected chi connectivity index (χ0v) is 14.1. The molecule has 2 rings (SSSR count). The maximum absolute atomic E-state index is 12.7. The van der Waals surface area contributed by atoms with Gasteiger partial charge in [-0.15, -0.1) is 0 Å². The van der Waals surface area contributed by atoms with Crippen molar-refractivity contribution in [2.24, 2.45) is 5.92 Å². The Morgan fingerprint density at radius 2 is 2.18 bits per heavy atom. The molecule has 1 saturated heterocycles. The maximum atomic E-state index is 12.7. The second kappa shape index (κ2) is 5.90. The number of allylic oxidation sites excluding steroid dienone is 1. The molecule has 0 aromatic rings. The lowest BCUT2D eigenvalue weighted by atomic mass is 9.73. The Bertz CT molecular complexity index is 515. The van der Waals surface area contributed by atoms with Crippen molar-refractivity contribution >= 4 is 11.9 Å². The van der Waals surface area contributed by atoms with E-state index in [9.17, 15) is 9.59 Å². The summed E-state index contributed by atoms with van der Waals surface area (Å²) in [5, 5.41) is 0. The van der Waals surface area contributed by atoms with E-state index in [1.165, 1.54) is 0 Å². The normalized spacial score (nSPS) is 28.0. The highest BCUT2D eigenvalue weighted by molar-refractivity contribution is 5.92. The molecule has 0 aromatic heterocycles. The lowest BCUT2D eigenvalue weighted by Gasteiger charge is -2.42. The van der Waals surface area contributed by atoms with Crippen LogP contribution in [0.1, 0.15) is 53.4 Å². The van der Waals surface area contributed by atoms with E-state index < -0.39 is 11.1 Å². The summed E-state index contributed by atoms with van der Waals surface area (Å²) in [4.78, 5) is 26.2. The Kier molecular flexibility index (Phi) is 4.50. The van der Waals surface area contributed by atoms with Gasteiger partial charge in [-0.05, 0) is 33.3 Å². The van der Waals surface area contributed by atoms with E-state index in [2.05, 4.69) is 13.5 Å². The molecule has 22 heavy (non-hydrogen) atoms. The summed E-state index contributed by atoms with van der Waals surface area (Å²) in [5.74, 6) is 0.133. The molecule has 0 N–H and O–H groups in total. The Hall–Kier alpha value is -1.58. The monoisotopic (exact) mass is 305 g/mol. The third-order valence-electron chi connectivity index (χ3n) is 4.47. The number of carbonyl (C=O) groups is 2. The van der Waals surface area contributed by atoms with Crippen LogP contribution in [0.4, 0.5) is 4.79 Å². The van der Waals surface area contributed by atoms with Gasteiger partial charge in [-0.2, -0.15) is 0 Å². The minimum absolute atomic E-state index is 0.0177. The van der Waals surface area contributed by atoms with Crippen molar-refractivity contribution in [3.05, 3.63) is 24.3 Å². The molecule has 0 unspecified atom stereocenters. The van der Waals surface area contributed by atoms with Gasteiger partial charge >= 0.3 is 6.09 Å². The van der Waals surface area contributed by atoms with Gasteiger partial charge in [-0.1, -0.05) is 38.0 Å². The van der Waals surface area contributed by atoms with Gasteiger partial charge in [0.15, 0.2) is 5.78 Å². The second-order valence-corrected chi connectivity index (χ2v) is 7.38. The fourth-order valence-corrected chi connectivity index (χ4v) is 3.44. The molecular weight excluding hydrogens is 278 g/mol. The largest absolute Gasteiger partial charge is 0.444 e. The van der Waals surface area contributed by atoms with E-state index in [0.717, 1.165) is 24.8 Å². The van der Waals surface area contributed by atoms with Crippen LogP contribution in [0.15, 0.2) is 24.3 Å². The number of carbonyl (C=O) groups excluding carboxylic acids is 2. The Morgan fingerprint density at radius 1 is 1.50 bits per heavy atom. The van der Waals surface area contributed by atoms with Gasteiger partial charge in [0.05, 0.1) is 5.54 Å². The first kappa shape index (κ1) is 16.8. The molecule has 1 heterocycles. The maximum Gasteiger partial charge on any atom is 0.411 e. The number of rotatable bonds is 3. The van der Waals surface area contributed by atoms with Crippen LogP contribution in [-0.2, 0) is 9.53 Å². The molecule has 0 aromatic carbocycles. The topological polar surface area (TPSA) is 46.6 Å². The third kappa shape index (κ3) is 3.11. The predicted molar refractivity (Wildman–Crippen MR) is 86.6 cm³/mol. The number of unbranched alkanes of at least 4 members (excludes halogenated alkanes) is 1. The van der Waals surface area contributed by atoms with Gasteiger partial charge in [0.2, 0.25) is 0 Å². The molecule has 4 nitrogen and oxygen atoms in total. The lowest BCUT2D eigenvalue weighted by molar-refractivity contribution is -0.116. The van der Waals surface area contributed by atoms with E-state index in [-0.39, 0.29) is 17.8 Å². The Balaban J connectivity index is 2.35. The first-order chi connectivity index (χ1) is 10.2. The molecular formula is C18H27NO3. The molecule has 1 fully saturated rings. The van der Waals surface area contributed by atoms with Gasteiger partial charge < -0.3 is 4.74 Å². The molecule has 1 amide bonds. The van der Waals surface area contributed by atoms with Crippen LogP contribution in [0.3, 0.4) is 0 Å². The van der Waals surface area contributed by atoms with Crippen molar-refractivity contribution in [1.29, 1.82) is 0 Å². The van der Waals surface area contributed by atoms with Crippen LogP contribution in [0.2, 0.25) is 0 Å². The highest BCUT2D eigenvalue weighted by Gasteiger charge is 2.53. The van der Waals surface area contributed by atoms with E-state index in [0.29, 0.717) is 13.0 Å². The average Bonchev–Trinajstić information content (AvgIpc) is 2.69. The second-order valence-electron chi connectivity index (χ2n) is 7.38. The van der Waals surface area contributed by atoms with Crippen molar-refractivity contribution in [3.63, 3.8) is 0 Å². The summed E-state index contributed by atoms with van der Waals surface area (Å²) in [6.07, 6.45) is 6.57. The van der Waals surface area contributed by atoms with Crippen molar-refractivity contribution in [2.75, 3.05) is 6.54 Å². The van der Waals surface area contributed by atoms with Gasteiger partial charge in [0, 0.05) is 18.9 Å². The molecule has 4 heteroatoms. The number of ether oxygens (including phenoxy) is 1. The predicted octanol–water partition coefficient (Wildman–Crippen LogP) is 3.87. The zero-order chi connectivity index (χ0) is 16.5. The van der Waals surface area contributed by atoms with Crippen LogP contribution in [-0.4, -0.2) is 34.5 Å². The molecule has 0 saturated carbocycles. The number of nitrogens with zero attached hydrogens (tertiary/aromatic N) is 1. The minimum atomic E-state index is -0.531.